The summed E-state index contributed by atoms with van der Waals surface area (Å²) in [5, 5.41) is 9.38. The summed E-state index contributed by atoms with van der Waals surface area (Å²) in [7, 11) is 2.77. The van der Waals surface area contributed by atoms with Gasteiger partial charge >= 0.3 is 11.9 Å². The predicted molar refractivity (Wildman–Crippen MR) is 98.6 cm³/mol. The number of carbonyl (C=O) groups excluding carboxylic acids is 1. The zero-order valence-corrected chi connectivity index (χ0v) is 17.2. The van der Waals surface area contributed by atoms with Gasteiger partial charge in [-0.25, -0.2) is 9.59 Å². The van der Waals surface area contributed by atoms with Crippen molar-refractivity contribution in [2.24, 2.45) is 0 Å². The van der Waals surface area contributed by atoms with Crippen LogP contribution in [0.4, 0.5) is 0 Å². The Bertz CT molecular complexity index is 549. The van der Waals surface area contributed by atoms with Crippen LogP contribution in [0, 0.1) is 63.4 Å². The number of carbonyl (C=O) groups is 2. The SMILES string of the molecule is CO[C]1[CH][CH][C](/C(C)=C(/C(=O)OC)C(C(=O)O)=C(C)C)[CH]1.[CH]1[CH][CH][CH][CH]1.[Fe]. The Morgan fingerprint density at radius 3 is 1.74 bits per heavy atom. The second kappa shape index (κ2) is 13.1. The zero-order valence-electron chi connectivity index (χ0n) is 16.1. The number of carboxylic acid groups (broad SMARTS) is 1. The van der Waals surface area contributed by atoms with Gasteiger partial charge in [0, 0.05) is 42.9 Å². The van der Waals surface area contributed by atoms with Gasteiger partial charge in [-0.05, 0) is 59.3 Å². The number of esters is 1. The summed E-state index contributed by atoms with van der Waals surface area (Å²) in [4.78, 5) is 23.5. The molecule has 0 aromatic carbocycles. The van der Waals surface area contributed by atoms with Crippen molar-refractivity contribution in [3.05, 3.63) is 85.7 Å². The zero-order chi connectivity index (χ0) is 19.7. The van der Waals surface area contributed by atoms with Gasteiger partial charge in [-0.15, -0.1) is 0 Å². The molecule has 2 aliphatic carbocycles. The van der Waals surface area contributed by atoms with Crippen molar-refractivity contribution in [3.63, 3.8) is 0 Å². The van der Waals surface area contributed by atoms with Crippen LogP contribution in [-0.2, 0) is 36.1 Å². The first-order chi connectivity index (χ1) is 12.3. The number of methoxy groups -OCH3 is 2. The van der Waals surface area contributed by atoms with Gasteiger partial charge < -0.3 is 14.6 Å². The molecule has 27 heavy (non-hydrogen) atoms. The molecule has 0 heterocycles. The summed E-state index contributed by atoms with van der Waals surface area (Å²) >= 11 is 0. The van der Waals surface area contributed by atoms with Crippen LogP contribution in [0.15, 0.2) is 22.3 Å². The third-order valence-electron chi connectivity index (χ3n) is 3.68. The summed E-state index contributed by atoms with van der Waals surface area (Å²) < 4.78 is 9.84. The monoisotopic (exact) mass is 412 g/mol. The summed E-state index contributed by atoms with van der Waals surface area (Å²) in [6.45, 7) is 4.98. The molecule has 10 radical (unpaired) electrons. The fraction of sp³-hybridized carbons (Fsp3) is 0.238. The molecular formula is C21H24FeO5. The van der Waals surface area contributed by atoms with Crippen LogP contribution in [0.1, 0.15) is 20.8 Å². The summed E-state index contributed by atoms with van der Waals surface area (Å²) in [6.07, 6.45) is 15.9. The molecule has 0 aromatic rings. The molecule has 0 amide bonds. The average molecular weight is 412 g/mol. The second-order valence-electron chi connectivity index (χ2n) is 5.67. The van der Waals surface area contributed by atoms with Gasteiger partial charge in [0.2, 0.25) is 0 Å². The van der Waals surface area contributed by atoms with Gasteiger partial charge in [-0.1, -0.05) is 11.1 Å². The van der Waals surface area contributed by atoms with Crippen molar-refractivity contribution in [2.75, 3.05) is 14.2 Å². The Hall–Kier alpha value is -1.10. The molecule has 0 spiro atoms. The third-order valence-corrected chi connectivity index (χ3v) is 3.68. The van der Waals surface area contributed by atoms with Crippen LogP contribution >= 0.6 is 0 Å². The Balaban J connectivity index is 0.000000969. The smallest absolute Gasteiger partial charge is 0.338 e. The van der Waals surface area contributed by atoms with E-state index in [2.05, 4.69) is 0 Å². The molecule has 2 fully saturated rings. The van der Waals surface area contributed by atoms with Crippen molar-refractivity contribution in [1.82, 2.24) is 0 Å². The average Bonchev–Trinajstić information content (AvgIpc) is 3.31. The molecule has 2 saturated carbocycles. The van der Waals surface area contributed by atoms with E-state index in [0.29, 0.717) is 23.2 Å². The molecule has 1 N–H and O–H groups in total. The van der Waals surface area contributed by atoms with E-state index in [1.807, 2.05) is 32.1 Å². The number of hydrogen-bond donors (Lipinski definition) is 1. The van der Waals surface area contributed by atoms with E-state index in [1.54, 1.807) is 40.0 Å². The quantitative estimate of drug-likeness (QED) is 0.325. The number of rotatable bonds is 5. The molecule has 5 nitrogen and oxygen atoms in total. The minimum Gasteiger partial charge on any atom is -0.478 e. The normalized spacial score (nSPS) is 18.0. The molecule has 0 atom stereocenters. The minimum absolute atomic E-state index is 0. The number of aliphatic carboxylic acids is 1. The van der Waals surface area contributed by atoms with Crippen molar-refractivity contribution in [1.29, 1.82) is 0 Å². The van der Waals surface area contributed by atoms with Crippen LogP contribution in [0.5, 0.6) is 0 Å². The molecular weight excluding hydrogens is 388 g/mol. The molecule has 0 saturated heterocycles. The molecule has 6 heteroatoms. The van der Waals surface area contributed by atoms with E-state index >= 15 is 0 Å². The molecule has 0 aromatic heterocycles. The van der Waals surface area contributed by atoms with Crippen LogP contribution in [-0.4, -0.2) is 31.3 Å². The van der Waals surface area contributed by atoms with E-state index in [0.717, 1.165) is 0 Å². The molecule has 146 valence electrons. The van der Waals surface area contributed by atoms with Gasteiger partial charge in [0.15, 0.2) is 0 Å². The van der Waals surface area contributed by atoms with Gasteiger partial charge in [-0.3, -0.25) is 0 Å². The first-order valence-electron chi connectivity index (χ1n) is 8.01. The number of carboxylic acids is 1. The molecule has 2 aliphatic rings. The van der Waals surface area contributed by atoms with E-state index in [1.165, 1.54) is 14.2 Å². The van der Waals surface area contributed by atoms with Crippen molar-refractivity contribution < 1.29 is 41.2 Å². The molecule has 0 aliphatic heterocycles. The van der Waals surface area contributed by atoms with Crippen molar-refractivity contribution >= 4 is 11.9 Å². The fourth-order valence-electron chi connectivity index (χ4n) is 2.36. The van der Waals surface area contributed by atoms with E-state index in [-0.39, 0.29) is 28.2 Å². The fourth-order valence-corrected chi connectivity index (χ4v) is 2.36. The van der Waals surface area contributed by atoms with Crippen LogP contribution in [0.25, 0.3) is 0 Å². The van der Waals surface area contributed by atoms with Gasteiger partial charge in [-0.2, -0.15) is 0 Å². The Morgan fingerprint density at radius 2 is 1.41 bits per heavy atom. The topological polar surface area (TPSA) is 72.8 Å². The van der Waals surface area contributed by atoms with Crippen LogP contribution < -0.4 is 0 Å². The molecule has 2 rings (SSSR count). The first-order valence-corrected chi connectivity index (χ1v) is 8.01. The third kappa shape index (κ3) is 7.81. The number of hydrogen-bond acceptors (Lipinski definition) is 4. The number of allylic oxidation sites excluding steroid dienone is 2. The number of ether oxygens (including phenoxy) is 2. The Morgan fingerprint density at radius 1 is 0.889 bits per heavy atom. The minimum atomic E-state index is -1.16. The predicted octanol–water partition coefficient (Wildman–Crippen LogP) is 3.30. The maximum absolute atomic E-state index is 12.0. The van der Waals surface area contributed by atoms with Gasteiger partial charge in [0.25, 0.3) is 0 Å². The summed E-state index contributed by atoms with van der Waals surface area (Å²) in [6, 6.07) is 0. The molecule has 0 bridgehead atoms. The Labute approximate surface area is 174 Å². The van der Waals surface area contributed by atoms with E-state index < -0.39 is 11.9 Å². The first kappa shape index (κ1) is 25.9. The summed E-state index contributed by atoms with van der Waals surface area (Å²) in [5.41, 5.74) is 1.07. The largest absolute Gasteiger partial charge is 0.478 e. The van der Waals surface area contributed by atoms with Gasteiger partial charge in [0.05, 0.1) is 18.3 Å². The van der Waals surface area contributed by atoms with Crippen molar-refractivity contribution in [3.8, 4) is 0 Å². The van der Waals surface area contributed by atoms with E-state index in [4.69, 9.17) is 9.47 Å². The Kier molecular flexibility index (Phi) is 12.6. The maximum atomic E-state index is 12.0. The van der Waals surface area contributed by atoms with E-state index in [9.17, 15) is 14.7 Å². The van der Waals surface area contributed by atoms with Crippen LogP contribution in [0.2, 0.25) is 0 Å². The second-order valence-corrected chi connectivity index (χ2v) is 5.67. The van der Waals surface area contributed by atoms with Crippen LogP contribution in [0.3, 0.4) is 0 Å². The molecule has 0 unspecified atom stereocenters. The summed E-state index contributed by atoms with van der Waals surface area (Å²) in [5.74, 6) is -1.12. The van der Waals surface area contributed by atoms with Crippen molar-refractivity contribution in [2.45, 2.75) is 20.8 Å². The standard InChI is InChI=1S/C16H19O5.C5H5.Fe/c1-9(2)13(15(17)18)14(16(19)21-5)10(3)11-6-7-12(8-11)20-4;1-2-4-5-3-1;/h6-8H,1-5H3,(H,17,18);1-5H;/b14-10+;;. The maximum Gasteiger partial charge on any atom is 0.338 e. The van der Waals surface area contributed by atoms with Gasteiger partial charge in [0.1, 0.15) is 6.10 Å².